The second-order valence-corrected chi connectivity index (χ2v) is 7.88. The first kappa shape index (κ1) is 20.5. The van der Waals surface area contributed by atoms with E-state index in [4.69, 9.17) is 4.99 Å². The molecule has 3 rings (SSSR count). The van der Waals surface area contributed by atoms with Gasteiger partial charge >= 0.3 is 0 Å². The van der Waals surface area contributed by atoms with Gasteiger partial charge in [-0.2, -0.15) is 0 Å². The zero-order valence-electron chi connectivity index (χ0n) is 17.4. The molecule has 5 nitrogen and oxygen atoms in total. The second-order valence-electron chi connectivity index (χ2n) is 7.88. The molecule has 1 aromatic carbocycles. The van der Waals surface area contributed by atoms with Gasteiger partial charge in [0.2, 0.25) is 0 Å². The number of fused-ring (bicyclic) bond motifs is 1. The molecule has 0 unspecified atom stereocenters. The molecule has 0 saturated carbocycles. The maximum atomic E-state index is 4.81. The highest BCUT2D eigenvalue weighted by Crippen LogP contribution is 2.19. The van der Waals surface area contributed by atoms with E-state index >= 15 is 0 Å². The van der Waals surface area contributed by atoms with Crippen LogP contribution >= 0.6 is 0 Å². The van der Waals surface area contributed by atoms with Crippen LogP contribution in [-0.2, 0) is 6.42 Å². The van der Waals surface area contributed by atoms with Crippen molar-refractivity contribution in [2.75, 3.05) is 32.7 Å². The van der Waals surface area contributed by atoms with Gasteiger partial charge in [-0.05, 0) is 51.2 Å². The summed E-state index contributed by atoms with van der Waals surface area (Å²) in [6.07, 6.45) is 6.55. The topological polar surface area (TPSA) is 55.5 Å². The molecule has 0 radical (unpaired) electrons. The van der Waals surface area contributed by atoms with E-state index in [-0.39, 0.29) is 0 Å². The molecule has 152 valence electrons. The van der Waals surface area contributed by atoms with Crippen LogP contribution < -0.4 is 10.6 Å². The summed E-state index contributed by atoms with van der Waals surface area (Å²) in [6.45, 7) is 13.3. The van der Waals surface area contributed by atoms with Crippen LogP contribution in [0.4, 0.5) is 0 Å². The predicted molar refractivity (Wildman–Crippen MR) is 120 cm³/mol. The molecule has 0 amide bonds. The molecule has 0 atom stereocenters. The van der Waals surface area contributed by atoms with Crippen molar-refractivity contribution in [3.63, 3.8) is 0 Å². The molecule has 1 aliphatic rings. The molecule has 2 heterocycles. The lowest BCUT2D eigenvalue weighted by Crippen LogP contribution is -2.48. The number of aliphatic imine (C=N–C) groups is 1. The number of rotatable bonds is 8. The van der Waals surface area contributed by atoms with Crippen LogP contribution in [0.2, 0.25) is 0 Å². The monoisotopic (exact) mass is 381 g/mol. The third-order valence-corrected chi connectivity index (χ3v) is 5.32. The third kappa shape index (κ3) is 5.86. The summed E-state index contributed by atoms with van der Waals surface area (Å²) in [5.41, 5.74) is 3.85. The fourth-order valence-electron chi connectivity index (χ4n) is 3.93. The van der Waals surface area contributed by atoms with Crippen LogP contribution in [-0.4, -0.2) is 54.6 Å². The normalized spacial score (nSPS) is 16.4. The van der Waals surface area contributed by atoms with Crippen molar-refractivity contribution in [1.82, 2.24) is 20.5 Å². The van der Waals surface area contributed by atoms with Crippen LogP contribution in [0.25, 0.3) is 10.9 Å². The highest BCUT2D eigenvalue weighted by Gasteiger charge is 2.19. The summed E-state index contributed by atoms with van der Waals surface area (Å²) in [4.78, 5) is 10.7. The van der Waals surface area contributed by atoms with Crippen molar-refractivity contribution in [3.05, 3.63) is 48.2 Å². The number of nitrogens with one attached hydrogen (secondary N) is 3. The Labute approximate surface area is 169 Å². The Kier molecular flexibility index (Phi) is 7.54. The number of aryl methyl sites for hydroxylation is 1. The first-order valence-electron chi connectivity index (χ1n) is 10.6. The Balaban J connectivity index is 1.46. The maximum absolute atomic E-state index is 4.81. The van der Waals surface area contributed by atoms with E-state index in [9.17, 15) is 0 Å². The molecule has 2 aromatic rings. The minimum absolute atomic E-state index is 0.507. The molecule has 1 saturated heterocycles. The number of hydrogen-bond donors (Lipinski definition) is 3. The van der Waals surface area contributed by atoms with E-state index in [1.54, 1.807) is 0 Å². The summed E-state index contributed by atoms with van der Waals surface area (Å²) in [7, 11) is 0. The van der Waals surface area contributed by atoms with Gasteiger partial charge in [0, 0.05) is 55.9 Å². The van der Waals surface area contributed by atoms with Crippen molar-refractivity contribution in [2.24, 2.45) is 4.99 Å². The van der Waals surface area contributed by atoms with Crippen molar-refractivity contribution in [1.29, 1.82) is 0 Å². The highest BCUT2D eigenvalue weighted by molar-refractivity contribution is 5.83. The quantitative estimate of drug-likeness (QED) is 0.283. The number of H-pyrrole nitrogens is 1. The number of likely N-dealkylation sites (tertiary alicyclic amines) is 1. The molecule has 0 aliphatic carbocycles. The lowest BCUT2D eigenvalue weighted by Gasteiger charge is -2.33. The lowest BCUT2D eigenvalue weighted by atomic mass is 10.0. The lowest BCUT2D eigenvalue weighted by molar-refractivity contribution is 0.221. The molecule has 5 heteroatoms. The molecular formula is C23H35N5. The number of hydrogen-bond acceptors (Lipinski definition) is 2. The zero-order valence-corrected chi connectivity index (χ0v) is 17.4. The van der Waals surface area contributed by atoms with Crippen molar-refractivity contribution in [2.45, 2.75) is 45.6 Å². The fraction of sp³-hybridized carbons (Fsp3) is 0.522. The number of nitrogens with zero attached hydrogens (tertiary/aromatic N) is 2. The van der Waals surface area contributed by atoms with Crippen molar-refractivity contribution < 1.29 is 0 Å². The number of aromatic amines is 1. The van der Waals surface area contributed by atoms with Crippen LogP contribution in [0.15, 0.2) is 47.6 Å². The van der Waals surface area contributed by atoms with Gasteiger partial charge in [-0.1, -0.05) is 30.4 Å². The predicted octanol–water partition coefficient (Wildman–Crippen LogP) is 3.70. The summed E-state index contributed by atoms with van der Waals surface area (Å²) in [5.74, 6) is 0.958. The van der Waals surface area contributed by atoms with Crippen LogP contribution in [0.5, 0.6) is 0 Å². The molecule has 1 aliphatic heterocycles. The number of guanidine groups is 1. The maximum Gasteiger partial charge on any atom is 0.191 e. The molecular weight excluding hydrogens is 346 g/mol. The van der Waals surface area contributed by atoms with Gasteiger partial charge < -0.3 is 15.6 Å². The molecule has 3 N–H and O–H groups in total. The summed E-state index contributed by atoms with van der Waals surface area (Å²) < 4.78 is 0. The van der Waals surface area contributed by atoms with E-state index < -0.39 is 0 Å². The smallest absolute Gasteiger partial charge is 0.191 e. The second kappa shape index (κ2) is 10.3. The molecule has 1 fully saturated rings. The van der Waals surface area contributed by atoms with Crippen LogP contribution in [0.1, 0.15) is 38.7 Å². The molecule has 28 heavy (non-hydrogen) atoms. The number of para-hydroxylation sites is 1. The van der Waals surface area contributed by atoms with Gasteiger partial charge in [-0.3, -0.25) is 9.89 Å². The fourth-order valence-corrected chi connectivity index (χ4v) is 3.93. The average Bonchev–Trinajstić information content (AvgIpc) is 3.09. The van der Waals surface area contributed by atoms with E-state index in [0.717, 1.165) is 64.4 Å². The van der Waals surface area contributed by atoms with E-state index in [0.29, 0.717) is 6.04 Å². The van der Waals surface area contributed by atoms with Crippen molar-refractivity contribution >= 4 is 16.9 Å². The van der Waals surface area contributed by atoms with Gasteiger partial charge in [0.05, 0.1) is 0 Å². The number of benzene rings is 1. The molecule has 0 spiro atoms. The van der Waals surface area contributed by atoms with E-state index in [1.165, 1.54) is 22.0 Å². The van der Waals surface area contributed by atoms with Gasteiger partial charge in [0.25, 0.3) is 0 Å². The Morgan fingerprint density at radius 1 is 1.29 bits per heavy atom. The first-order chi connectivity index (χ1) is 13.7. The largest absolute Gasteiger partial charge is 0.361 e. The van der Waals surface area contributed by atoms with Crippen LogP contribution in [0.3, 0.4) is 0 Å². The van der Waals surface area contributed by atoms with Gasteiger partial charge in [0.1, 0.15) is 0 Å². The Morgan fingerprint density at radius 2 is 2.07 bits per heavy atom. The number of piperidine rings is 1. The average molecular weight is 382 g/mol. The molecule has 1 aromatic heterocycles. The Bertz CT molecular complexity index is 783. The highest BCUT2D eigenvalue weighted by atomic mass is 15.2. The summed E-state index contributed by atoms with van der Waals surface area (Å²) in [5, 5.41) is 8.37. The van der Waals surface area contributed by atoms with Gasteiger partial charge in [-0.25, -0.2) is 0 Å². The Morgan fingerprint density at radius 3 is 2.82 bits per heavy atom. The standard InChI is InChI=1S/C23H35N5/c1-4-24-23(27-20-11-14-28(15-12-20)17-18(2)3)25-13-7-8-19-16-26-22-10-6-5-9-21(19)22/h5-6,9-10,16,20,26H,2,4,7-8,11-15,17H2,1,3H3,(H2,24,25,27). The zero-order chi connectivity index (χ0) is 19.8. The summed E-state index contributed by atoms with van der Waals surface area (Å²) in [6, 6.07) is 9.01. The minimum Gasteiger partial charge on any atom is -0.361 e. The van der Waals surface area contributed by atoms with Crippen molar-refractivity contribution in [3.8, 4) is 0 Å². The SMILES string of the molecule is C=C(C)CN1CCC(NC(=NCCCc2c[nH]c3ccccc23)NCC)CC1. The van der Waals surface area contributed by atoms with E-state index in [1.807, 2.05) is 0 Å². The summed E-state index contributed by atoms with van der Waals surface area (Å²) >= 11 is 0. The van der Waals surface area contributed by atoms with Gasteiger partial charge in [-0.15, -0.1) is 0 Å². The molecule has 0 bridgehead atoms. The number of aromatic nitrogens is 1. The third-order valence-electron chi connectivity index (χ3n) is 5.32. The minimum atomic E-state index is 0.507. The first-order valence-corrected chi connectivity index (χ1v) is 10.6. The van der Waals surface area contributed by atoms with Gasteiger partial charge in [0.15, 0.2) is 5.96 Å². The van der Waals surface area contributed by atoms with Crippen LogP contribution in [0, 0.1) is 0 Å². The van der Waals surface area contributed by atoms with E-state index in [2.05, 4.69) is 71.4 Å². The Hall–Kier alpha value is -2.27.